The molecule has 0 unspecified atom stereocenters. The molecule has 0 aliphatic carbocycles. The molecule has 0 radical (unpaired) electrons. The van der Waals surface area contributed by atoms with Crippen molar-refractivity contribution >= 4 is 23.6 Å². The Balaban J connectivity index is 1.95. The van der Waals surface area contributed by atoms with E-state index >= 15 is 0 Å². The molecule has 2 N–H and O–H groups in total. The number of nitrogens with one attached hydrogen (secondary N) is 1. The van der Waals surface area contributed by atoms with Gasteiger partial charge in [-0.3, -0.25) is 0 Å². The van der Waals surface area contributed by atoms with Gasteiger partial charge in [0, 0.05) is 10.6 Å². The average molecular weight is 275 g/mol. The van der Waals surface area contributed by atoms with E-state index in [2.05, 4.69) is 4.72 Å². The quantitative estimate of drug-likeness (QED) is 0.818. The molecule has 0 fully saturated rings. The molecule has 0 bridgehead atoms. The van der Waals surface area contributed by atoms with Crippen LogP contribution in [0.4, 0.5) is 5.69 Å². The smallest absolute Gasteiger partial charge is 0.335 e. The monoisotopic (exact) mass is 275 g/mol. The van der Waals surface area contributed by atoms with Crippen molar-refractivity contribution in [2.75, 3.05) is 11.8 Å². The molecule has 0 amide bonds. The number of carboxylic acid groups (broad SMARTS) is 1. The van der Waals surface area contributed by atoms with E-state index in [1.54, 1.807) is 31.4 Å². The van der Waals surface area contributed by atoms with E-state index in [9.17, 15) is 4.79 Å². The second-order valence-corrected chi connectivity index (χ2v) is 4.64. The summed E-state index contributed by atoms with van der Waals surface area (Å²) in [6.07, 6.45) is 0. The van der Waals surface area contributed by atoms with Gasteiger partial charge in [-0.05, 0) is 60.5 Å². The van der Waals surface area contributed by atoms with E-state index < -0.39 is 5.97 Å². The van der Waals surface area contributed by atoms with Gasteiger partial charge in [-0.15, -0.1) is 0 Å². The number of methoxy groups -OCH3 is 1. The zero-order valence-electron chi connectivity index (χ0n) is 10.3. The first-order valence-electron chi connectivity index (χ1n) is 5.59. The largest absolute Gasteiger partial charge is 0.497 e. The Morgan fingerprint density at radius 2 is 1.74 bits per heavy atom. The van der Waals surface area contributed by atoms with E-state index in [1.165, 1.54) is 11.9 Å². The number of hydrogen-bond donors (Lipinski definition) is 2. The minimum Gasteiger partial charge on any atom is -0.497 e. The molecule has 2 aromatic carbocycles. The molecule has 19 heavy (non-hydrogen) atoms. The van der Waals surface area contributed by atoms with Gasteiger partial charge in [-0.1, -0.05) is 0 Å². The standard InChI is InChI=1S/C14H13NO3S/c1-18-12-6-4-11(5-7-12)15-19-13-8-2-10(3-9-13)14(16)17/h2-9,15H,1H3,(H,16,17). The Kier molecular flexibility index (Phi) is 4.30. The molecule has 0 atom stereocenters. The fraction of sp³-hybridized carbons (Fsp3) is 0.0714. The van der Waals surface area contributed by atoms with Crippen molar-refractivity contribution in [3.63, 3.8) is 0 Å². The summed E-state index contributed by atoms with van der Waals surface area (Å²) in [6, 6.07) is 14.3. The molecule has 2 aromatic rings. The van der Waals surface area contributed by atoms with E-state index in [1.807, 2.05) is 24.3 Å². The van der Waals surface area contributed by atoms with E-state index in [0.717, 1.165) is 16.3 Å². The molecule has 2 rings (SSSR count). The van der Waals surface area contributed by atoms with E-state index in [0.29, 0.717) is 0 Å². The van der Waals surface area contributed by atoms with Gasteiger partial charge in [-0.25, -0.2) is 4.79 Å². The Labute approximate surface area is 115 Å². The molecule has 0 saturated carbocycles. The number of aromatic carboxylic acids is 1. The number of hydrogen-bond acceptors (Lipinski definition) is 4. The van der Waals surface area contributed by atoms with Crippen LogP contribution in [-0.4, -0.2) is 18.2 Å². The van der Waals surface area contributed by atoms with E-state index in [4.69, 9.17) is 9.84 Å². The summed E-state index contributed by atoms with van der Waals surface area (Å²) in [7, 11) is 1.63. The lowest BCUT2D eigenvalue weighted by atomic mass is 10.2. The molecular weight excluding hydrogens is 262 g/mol. The third kappa shape index (κ3) is 3.66. The van der Waals surface area contributed by atoms with Crippen LogP contribution in [0.25, 0.3) is 0 Å². The lowest BCUT2D eigenvalue weighted by Gasteiger charge is -2.06. The maximum absolute atomic E-state index is 10.7. The maximum atomic E-state index is 10.7. The van der Waals surface area contributed by atoms with Gasteiger partial charge in [0.1, 0.15) is 5.75 Å². The Morgan fingerprint density at radius 3 is 2.26 bits per heavy atom. The number of anilines is 1. The predicted octanol–water partition coefficient (Wildman–Crippen LogP) is 3.51. The minimum atomic E-state index is -0.917. The van der Waals surface area contributed by atoms with Crippen molar-refractivity contribution in [3.8, 4) is 5.75 Å². The molecule has 0 heterocycles. The highest BCUT2D eigenvalue weighted by Crippen LogP contribution is 2.23. The SMILES string of the molecule is COc1ccc(NSc2ccc(C(=O)O)cc2)cc1. The number of carbonyl (C=O) groups is 1. The van der Waals surface area contributed by atoms with Crippen LogP contribution in [-0.2, 0) is 0 Å². The molecule has 0 aliphatic rings. The summed E-state index contributed by atoms with van der Waals surface area (Å²) in [6.45, 7) is 0. The van der Waals surface area contributed by atoms with Crippen molar-refractivity contribution in [1.29, 1.82) is 0 Å². The van der Waals surface area contributed by atoms with Crippen LogP contribution in [0.15, 0.2) is 53.4 Å². The van der Waals surface area contributed by atoms with Crippen molar-refractivity contribution in [2.45, 2.75) is 4.90 Å². The third-order valence-corrected chi connectivity index (χ3v) is 3.32. The van der Waals surface area contributed by atoms with Gasteiger partial charge in [0.25, 0.3) is 0 Å². The Hall–Kier alpha value is -2.14. The average Bonchev–Trinajstić information content (AvgIpc) is 2.46. The van der Waals surface area contributed by atoms with Crippen molar-refractivity contribution < 1.29 is 14.6 Å². The Morgan fingerprint density at radius 1 is 1.11 bits per heavy atom. The zero-order chi connectivity index (χ0) is 13.7. The molecule has 0 saturated heterocycles. The lowest BCUT2D eigenvalue weighted by Crippen LogP contribution is -1.95. The summed E-state index contributed by atoms with van der Waals surface area (Å²) >= 11 is 1.42. The summed E-state index contributed by atoms with van der Waals surface area (Å²) in [5.74, 6) is -0.110. The molecule has 98 valence electrons. The molecule has 0 aliphatic heterocycles. The third-order valence-electron chi connectivity index (χ3n) is 2.48. The highest BCUT2D eigenvalue weighted by atomic mass is 32.2. The number of ether oxygens (including phenoxy) is 1. The summed E-state index contributed by atoms with van der Waals surface area (Å²) in [5.41, 5.74) is 1.24. The lowest BCUT2D eigenvalue weighted by molar-refractivity contribution is 0.0697. The van der Waals surface area contributed by atoms with E-state index in [-0.39, 0.29) is 5.56 Å². The second-order valence-electron chi connectivity index (χ2n) is 3.76. The number of carboxylic acids is 1. The van der Waals surface area contributed by atoms with Gasteiger partial charge < -0.3 is 14.6 Å². The molecule has 4 nitrogen and oxygen atoms in total. The highest BCUT2D eigenvalue weighted by Gasteiger charge is 2.02. The summed E-state index contributed by atoms with van der Waals surface area (Å²) in [4.78, 5) is 11.7. The summed E-state index contributed by atoms with van der Waals surface area (Å²) in [5, 5.41) is 8.80. The van der Waals surface area contributed by atoms with Gasteiger partial charge in [0.05, 0.1) is 12.7 Å². The van der Waals surface area contributed by atoms with Crippen LogP contribution < -0.4 is 9.46 Å². The maximum Gasteiger partial charge on any atom is 0.335 e. The number of rotatable bonds is 5. The summed E-state index contributed by atoms with van der Waals surface area (Å²) < 4.78 is 8.25. The van der Waals surface area contributed by atoms with Crippen LogP contribution in [0.3, 0.4) is 0 Å². The molecule has 5 heteroatoms. The molecular formula is C14H13NO3S. The topological polar surface area (TPSA) is 58.6 Å². The van der Waals surface area contributed by atoms with Gasteiger partial charge in [-0.2, -0.15) is 0 Å². The van der Waals surface area contributed by atoms with Crippen molar-refractivity contribution in [3.05, 3.63) is 54.1 Å². The first-order chi connectivity index (χ1) is 9.19. The van der Waals surface area contributed by atoms with Crippen molar-refractivity contribution in [1.82, 2.24) is 0 Å². The first kappa shape index (κ1) is 13.3. The van der Waals surface area contributed by atoms with Gasteiger partial charge >= 0.3 is 5.97 Å². The fourth-order valence-electron chi connectivity index (χ4n) is 1.44. The zero-order valence-corrected chi connectivity index (χ0v) is 11.1. The van der Waals surface area contributed by atoms with Gasteiger partial charge in [0.2, 0.25) is 0 Å². The molecule has 0 aromatic heterocycles. The van der Waals surface area contributed by atoms with Gasteiger partial charge in [0.15, 0.2) is 0 Å². The first-order valence-corrected chi connectivity index (χ1v) is 6.41. The normalized spacial score (nSPS) is 9.95. The van der Waals surface area contributed by atoms with Crippen LogP contribution in [0.1, 0.15) is 10.4 Å². The van der Waals surface area contributed by atoms with Crippen LogP contribution in [0, 0.1) is 0 Å². The fourth-order valence-corrected chi connectivity index (χ4v) is 2.09. The number of benzene rings is 2. The highest BCUT2D eigenvalue weighted by molar-refractivity contribution is 8.00. The van der Waals surface area contributed by atoms with Crippen LogP contribution in [0.5, 0.6) is 5.75 Å². The van der Waals surface area contributed by atoms with Crippen LogP contribution in [0.2, 0.25) is 0 Å². The second kappa shape index (κ2) is 6.15. The van der Waals surface area contributed by atoms with Crippen LogP contribution >= 0.6 is 11.9 Å². The Bertz CT molecular complexity index is 552. The molecule has 0 spiro atoms. The predicted molar refractivity (Wildman–Crippen MR) is 75.9 cm³/mol. The minimum absolute atomic E-state index is 0.286. The van der Waals surface area contributed by atoms with Crippen molar-refractivity contribution in [2.24, 2.45) is 0 Å².